The predicted octanol–water partition coefficient (Wildman–Crippen LogP) is 4.11. The standard InChI is InChI=1S/C15H22Cl2N2/c1-10(2)9-19(12-4-5-12)15(8-18)11-3-6-13(16)14(17)7-11/h3,6-7,10,12,15H,4-5,8-9,18H2,1-2H3. The Morgan fingerprint density at radius 1 is 1.26 bits per heavy atom. The molecule has 0 bridgehead atoms. The summed E-state index contributed by atoms with van der Waals surface area (Å²) in [5.41, 5.74) is 7.19. The quantitative estimate of drug-likeness (QED) is 0.856. The van der Waals surface area contributed by atoms with Gasteiger partial charge in [0, 0.05) is 25.2 Å². The lowest BCUT2D eigenvalue weighted by Gasteiger charge is -2.33. The summed E-state index contributed by atoms with van der Waals surface area (Å²) in [4.78, 5) is 2.53. The monoisotopic (exact) mass is 300 g/mol. The molecule has 0 aromatic heterocycles. The summed E-state index contributed by atoms with van der Waals surface area (Å²) in [6.45, 7) is 6.18. The van der Waals surface area contributed by atoms with Crippen LogP contribution in [0.5, 0.6) is 0 Å². The van der Waals surface area contributed by atoms with Crippen molar-refractivity contribution in [2.24, 2.45) is 11.7 Å². The zero-order valence-corrected chi connectivity index (χ0v) is 13.1. The van der Waals surface area contributed by atoms with Gasteiger partial charge in [0.2, 0.25) is 0 Å². The van der Waals surface area contributed by atoms with Crippen LogP contribution in [0.4, 0.5) is 0 Å². The van der Waals surface area contributed by atoms with Crippen molar-refractivity contribution in [2.75, 3.05) is 13.1 Å². The first-order valence-corrected chi connectivity index (χ1v) is 7.69. The summed E-state index contributed by atoms with van der Waals surface area (Å²) in [5, 5.41) is 1.21. The van der Waals surface area contributed by atoms with Gasteiger partial charge in [0.25, 0.3) is 0 Å². The first-order valence-electron chi connectivity index (χ1n) is 6.93. The van der Waals surface area contributed by atoms with Crippen molar-refractivity contribution < 1.29 is 0 Å². The molecular weight excluding hydrogens is 279 g/mol. The molecule has 1 fully saturated rings. The highest BCUT2D eigenvalue weighted by atomic mass is 35.5. The van der Waals surface area contributed by atoms with E-state index >= 15 is 0 Å². The first kappa shape index (κ1) is 15.1. The normalized spacial score (nSPS) is 17.2. The average molecular weight is 301 g/mol. The molecule has 2 rings (SSSR count). The topological polar surface area (TPSA) is 29.3 Å². The van der Waals surface area contributed by atoms with Crippen LogP contribution in [-0.2, 0) is 0 Å². The van der Waals surface area contributed by atoms with Gasteiger partial charge < -0.3 is 5.73 Å². The fourth-order valence-electron chi connectivity index (χ4n) is 2.54. The van der Waals surface area contributed by atoms with Gasteiger partial charge in [-0.25, -0.2) is 0 Å². The average Bonchev–Trinajstić information content (AvgIpc) is 3.17. The highest BCUT2D eigenvalue weighted by Crippen LogP contribution is 2.36. The van der Waals surface area contributed by atoms with Gasteiger partial charge in [-0.15, -0.1) is 0 Å². The summed E-state index contributed by atoms with van der Waals surface area (Å²) in [6.07, 6.45) is 2.56. The Kier molecular flexibility index (Phi) is 5.13. The van der Waals surface area contributed by atoms with Crippen LogP contribution in [0.2, 0.25) is 10.0 Å². The molecule has 1 aromatic rings. The molecule has 2 N–H and O–H groups in total. The Hall–Kier alpha value is -0.280. The van der Waals surface area contributed by atoms with Crippen LogP contribution in [0.25, 0.3) is 0 Å². The molecule has 1 atom stereocenters. The van der Waals surface area contributed by atoms with E-state index in [1.165, 1.54) is 18.4 Å². The van der Waals surface area contributed by atoms with Gasteiger partial charge >= 0.3 is 0 Å². The number of hydrogen-bond donors (Lipinski definition) is 1. The second-order valence-electron chi connectivity index (χ2n) is 5.75. The van der Waals surface area contributed by atoms with Crippen molar-refractivity contribution >= 4 is 23.2 Å². The number of nitrogens with zero attached hydrogens (tertiary/aromatic N) is 1. The minimum Gasteiger partial charge on any atom is -0.329 e. The van der Waals surface area contributed by atoms with E-state index in [9.17, 15) is 0 Å². The maximum atomic E-state index is 6.13. The molecule has 19 heavy (non-hydrogen) atoms. The summed E-state index contributed by atoms with van der Waals surface area (Å²) in [7, 11) is 0. The highest BCUT2D eigenvalue weighted by Gasteiger charge is 2.34. The van der Waals surface area contributed by atoms with Crippen LogP contribution < -0.4 is 5.73 Å². The molecule has 1 aromatic carbocycles. The van der Waals surface area contributed by atoms with Crippen molar-refractivity contribution in [3.05, 3.63) is 33.8 Å². The lowest BCUT2D eigenvalue weighted by Crippen LogP contribution is -2.38. The van der Waals surface area contributed by atoms with Crippen LogP contribution in [-0.4, -0.2) is 24.0 Å². The summed E-state index contributed by atoms with van der Waals surface area (Å²) < 4.78 is 0. The van der Waals surface area contributed by atoms with Gasteiger partial charge in [0.15, 0.2) is 0 Å². The second-order valence-corrected chi connectivity index (χ2v) is 6.56. The van der Waals surface area contributed by atoms with Crippen LogP contribution in [0.3, 0.4) is 0 Å². The van der Waals surface area contributed by atoms with Crippen LogP contribution in [0.15, 0.2) is 18.2 Å². The van der Waals surface area contributed by atoms with E-state index in [-0.39, 0.29) is 6.04 Å². The number of rotatable bonds is 6. The van der Waals surface area contributed by atoms with E-state index in [1.54, 1.807) is 0 Å². The third kappa shape index (κ3) is 3.85. The number of hydrogen-bond acceptors (Lipinski definition) is 2. The molecule has 0 spiro atoms. The van der Waals surface area contributed by atoms with E-state index in [0.717, 1.165) is 6.54 Å². The Labute approximate surface area is 125 Å². The Balaban J connectivity index is 2.22. The minimum absolute atomic E-state index is 0.240. The zero-order valence-electron chi connectivity index (χ0n) is 11.6. The molecule has 0 heterocycles. The van der Waals surface area contributed by atoms with Gasteiger partial charge in [0.05, 0.1) is 10.0 Å². The summed E-state index contributed by atoms with van der Waals surface area (Å²) in [6, 6.07) is 6.79. The lowest BCUT2D eigenvalue weighted by atomic mass is 10.0. The molecular formula is C15H22Cl2N2. The fourth-order valence-corrected chi connectivity index (χ4v) is 2.85. The molecule has 1 aliphatic carbocycles. The van der Waals surface area contributed by atoms with Crippen molar-refractivity contribution in [1.29, 1.82) is 0 Å². The molecule has 1 unspecified atom stereocenters. The third-order valence-corrected chi connectivity index (χ3v) is 4.28. The molecule has 0 aliphatic heterocycles. The van der Waals surface area contributed by atoms with Crippen LogP contribution in [0.1, 0.15) is 38.3 Å². The molecule has 0 radical (unpaired) electrons. The van der Waals surface area contributed by atoms with Gasteiger partial charge in [-0.2, -0.15) is 0 Å². The van der Waals surface area contributed by atoms with E-state index in [4.69, 9.17) is 28.9 Å². The zero-order chi connectivity index (χ0) is 14.0. The van der Waals surface area contributed by atoms with E-state index < -0.39 is 0 Å². The van der Waals surface area contributed by atoms with Gasteiger partial charge in [-0.1, -0.05) is 43.1 Å². The van der Waals surface area contributed by atoms with E-state index in [1.807, 2.05) is 18.2 Å². The molecule has 2 nitrogen and oxygen atoms in total. The number of halogens is 2. The van der Waals surface area contributed by atoms with Crippen molar-refractivity contribution in [2.45, 2.75) is 38.8 Å². The van der Waals surface area contributed by atoms with E-state index in [2.05, 4.69) is 18.7 Å². The third-order valence-electron chi connectivity index (χ3n) is 3.54. The Morgan fingerprint density at radius 3 is 2.42 bits per heavy atom. The Bertz CT molecular complexity index is 430. The molecule has 106 valence electrons. The maximum Gasteiger partial charge on any atom is 0.0595 e. The fraction of sp³-hybridized carbons (Fsp3) is 0.600. The predicted molar refractivity (Wildman–Crippen MR) is 82.8 cm³/mol. The van der Waals surface area contributed by atoms with Crippen LogP contribution >= 0.6 is 23.2 Å². The summed E-state index contributed by atoms with van der Waals surface area (Å²) in [5.74, 6) is 0.637. The van der Waals surface area contributed by atoms with Crippen molar-refractivity contribution in [1.82, 2.24) is 4.90 Å². The minimum atomic E-state index is 0.240. The van der Waals surface area contributed by atoms with Gasteiger partial charge in [-0.3, -0.25) is 4.90 Å². The maximum absolute atomic E-state index is 6.13. The summed E-state index contributed by atoms with van der Waals surface area (Å²) >= 11 is 12.1. The molecule has 4 heteroatoms. The first-order chi connectivity index (χ1) is 9.02. The molecule has 1 saturated carbocycles. The number of nitrogens with two attached hydrogens (primary N) is 1. The lowest BCUT2D eigenvalue weighted by molar-refractivity contribution is 0.169. The smallest absolute Gasteiger partial charge is 0.0595 e. The molecule has 1 aliphatic rings. The van der Waals surface area contributed by atoms with Crippen LogP contribution in [0, 0.1) is 5.92 Å². The van der Waals surface area contributed by atoms with Gasteiger partial charge in [-0.05, 0) is 36.5 Å². The number of benzene rings is 1. The molecule has 0 saturated heterocycles. The Morgan fingerprint density at radius 2 is 1.95 bits per heavy atom. The largest absolute Gasteiger partial charge is 0.329 e. The van der Waals surface area contributed by atoms with Crippen molar-refractivity contribution in [3.8, 4) is 0 Å². The van der Waals surface area contributed by atoms with Crippen molar-refractivity contribution in [3.63, 3.8) is 0 Å². The SMILES string of the molecule is CC(C)CN(C1CC1)C(CN)c1ccc(Cl)c(Cl)c1. The molecule has 0 amide bonds. The van der Waals surface area contributed by atoms with Gasteiger partial charge in [0.1, 0.15) is 0 Å². The van der Waals surface area contributed by atoms with E-state index in [0.29, 0.717) is 28.5 Å². The second kappa shape index (κ2) is 6.45. The highest BCUT2D eigenvalue weighted by molar-refractivity contribution is 6.42.